The van der Waals surface area contributed by atoms with E-state index in [9.17, 15) is 10.2 Å². The molecule has 0 saturated carbocycles. The Hall–Kier alpha value is -1.11. The van der Waals surface area contributed by atoms with Crippen molar-refractivity contribution in [2.75, 3.05) is 31.3 Å². The van der Waals surface area contributed by atoms with Crippen LogP contribution < -0.4 is 4.90 Å². The van der Waals surface area contributed by atoms with Crippen LogP contribution in [-0.4, -0.2) is 52.6 Å². The molecule has 2 N–H and O–H groups in total. The molecule has 1 atom stereocenters. The van der Waals surface area contributed by atoms with E-state index >= 15 is 0 Å². The van der Waals surface area contributed by atoms with Gasteiger partial charge in [-0.15, -0.1) is 0 Å². The van der Waals surface area contributed by atoms with Crippen molar-refractivity contribution in [3.63, 3.8) is 0 Å². The van der Waals surface area contributed by atoms with Crippen molar-refractivity contribution in [3.05, 3.63) is 11.5 Å². The Balaban J connectivity index is 2.30. The van der Waals surface area contributed by atoms with Gasteiger partial charge in [0.25, 0.3) is 0 Å². The van der Waals surface area contributed by atoms with Gasteiger partial charge in [-0.25, -0.2) is 4.98 Å². The van der Waals surface area contributed by atoms with E-state index in [0.717, 1.165) is 0 Å². The van der Waals surface area contributed by atoms with Crippen LogP contribution in [0.5, 0.6) is 5.75 Å². The lowest BCUT2D eigenvalue weighted by molar-refractivity contribution is 0.0720. The summed E-state index contributed by atoms with van der Waals surface area (Å²) in [6.45, 7) is 1.41. The molecular formula is C9H12ClN3O3. The predicted octanol–water partition coefficient (Wildman–Crippen LogP) is 0.0331. The van der Waals surface area contributed by atoms with E-state index in [0.29, 0.717) is 25.6 Å². The number of aliphatic hydroxyl groups excluding tert-OH is 1. The molecule has 0 bridgehead atoms. The SMILES string of the molecule is OCC1COCCN1c1nc(Cl)ncc1O. The first-order valence-electron chi connectivity index (χ1n) is 4.89. The van der Waals surface area contributed by atoms with Crippen LogP contribution in [0.4, 0.5) is 5.82 Å². The van der Waals surface area contributed by atoms with Crippen LogP contribution in [-0.2, 0) is 4.74 Å². The molecule has 1 saturated heterocycles. The van der Waals surface area contributed by atoms with Crippen molar-refractivity contribution in [2.24, 2.45) is 0 Å². The fraction of sp³-hybridized carbons (Fsp3) is 0.556. The third kappa shape index (κ3) is 2.18. The Labute approximate surface area is 97.5 Å². The minimum absolute atomic E-state index is 0.0512. The summed E-state index contributed by atoms with van der Waals surface area (Å²) in [6.07, 6.45) is 1.24. The van der Waals surface area contributed by atoms with Crippen LogP contribution >= 0.6 is 11.6 Å². The zero-order chi connectivity index (χ0) is 11.5. The Morgan fingerprint density at radius 3 is 3.19 bits per heavy atom. The summed E-state index contributed by atoms with van der Waals surface area (Å²) in [5, 5.41) is 18.9. The van der Waals surface area contributed by atoms with Crippen molar-refractivity contribution in [1.29, 1.82) is 0 Å². The number of aliphatic hydroxyl groups is 1. The molecule has 0 spiro atoms. The largest absolute Gasteiger partial charge is 0.503 e. The fourth-order valence-corrected chi connectivity index (χ4v) is 1.77. The van der Waals surface area contributed by atoms with Crippen molar-refractivity contribution in [3.8, 4) is 5.75 Å². The zero-order valence-corrected chi connectivity index (χ0v) is 9.26. The second-order valence-corrected chi connectivity index (χ2v) is 3.79. The first-order valence-corrected chi connectivity index (χ1v) is 5.27. The molecule has 0 aromatic carbocycles. The second kappa shape index (κ2) is 4.82. The molecule has 2 rings (SSSR count). The van der Waals surface area contributed by atoms with Crippen molar-refractivity contribution >= 4 is 17.4 Å². The van der Waals surface area contributed by atoms with Crippen LogP contribution in [0.2, 0.25) is 5.28 Å². The van der Waals surface area contributed by atoms with Crippen LogP contribution in [0, 0.1) is 0 Å². The van der Waals surface area contributed by atoms with E-state index in [1.54, 1.807) is 4.90 Å². The van der Waals surface area contributed by atoms with E-state index in [1.165, 1.54) is 6.20 Å². The quantitative estimate of drug-likeness (QED) is 0.716. The smallest absolute Gasteiger partial charge is 0.224 e. The van der Waals surface area contributed by atoms with E-state index in [2.05, 4.69) is 9.97 Å². The first kappa shape index (κ1) is 11.4. The highest BCUT2D eigenvalue weighted by Crippen LogP contribution is 2.27. The molecule has 7 heteroatoms. The van der Waals surface area contributed by atoms with Crippen LogP contribution in [0.15, 0.2) is 6.20 Å². The number of aromatic nitrogens is 2. The fourth-order valence-electron chi connectivity index (χ4n) is 1.64. The molecule has 16 heavy (non-hydrogen) atoms. The number of anilines is 1. The minimum Gasteiger partial charge on any atom is -0.503 e. The van der Waals surface area contributed by atoms with Gasteiger partial charge in [-0.3, -0.25) is 0 Å². The monoisotopic (exact) mass is 245 g/mol. The van der Waals surface area contributed by atoms with E-state index in [4.69, 9.17) is 16.3 Å². The van der Waals surface area contributed by atoms with Gasteiger partial charge in [0.1, 0.15) is 0 Å². The average molecular weight is 246 g/mol. The maximum absolute atomic E-state index is 9.65. The summed E-state index contributed by atoms with van der Waals surface area (Å²) in [7, 11) is 0. The van der Waals surface area contributed by atoms with Crippen molar-refractivity contribution < 1.29 is 14.9 Å². The van der Waals surface area contributed by atoms with Crippen molar-refractivity contribution in [2.45, 2.75) is 6.04 Å². The van der Waals surface area contributed by atoms with Crippen LogP contribution in [0.1, 0.15) is 0 Å². The summed E-state index contributed by atoms with van der Waals surface area (Å²) in [5.41, 5.74) is 0. The highest BCUT2D eigenvalue weighted by molar-refractivity contribution is 6.28. The highest BCUT2D eigenvalue weighted by Gasteiger charge is 2.26. The minimum atomic E-state index is -0.217. The van der Waals surface area contributed by atoms with Gasteiger partial charge in [0, 0.05) is 6.54 Å². The Kier molecular flexibility index (Phi) is 3.42. The number of ether oxygens (including phenoxy) is 1. The first-order chi connectivity index (χ1) is 7.72. The average Bonchev–Trinajstić information content (AvgIpc) is 2.32. The van der Waals surface area contributed by atoms with Gasteiger partial charge in [-0.05, 0) is 11.6 Å². The molecule has 88 valence electrons. The summed E-state index contributed by atoms with van der Waals surface area (Å²) >= 11 is 5.67. The Bertz CT molecular complexity index is 377. The van der Waals surface area contributed by atoms with Crippen LogP contribution in [0.25, 0.3) is 0 Å². The summed E-state index contributed by atoms with van der Waals surface area (Å²) in [4.78, 5) is 9.40. The Morgan fingerprint density at radius 2 is 2.44 bits per heavy atom. The second-order valence-electron chi connectivity index (χ2n) is 3.45. The lowest BCUT2D eigenvalue weighted by Gasteiger charge is -2.35. The number of rotatable bonds is 2. The Morgan fingerprint density at radius 1 is 1.62 bits per heavy atom. The number of morpholine rings is 1. The van der Waals surface area contributed by atoms with Gasteiger partial charge < -0.3 is 19.8 Å². The maximum atomic E-state index is 9.65. The van der Waals surface area contributed by atoms with E-state index in [-0.39, 0.29) is 23.7 Å². The van der Waals surface area contributed by atoms with Gasteiger partial charge in [0.05, 0.1) is 32.1 Å². The normalized spacial score (nSPS) is 21.1. The van der Waals surface area contributed by atoms with Crippen LogP contribution in [0.3, 0.4) is 0 Å². The zero-order valence-electron chi connectivity index (χ0n) is 8.51. The molecule has 2 heterocycles. The molecule has 1 unspecified atom stereocenters. The number of hydrogen-bond acceptors (Lipinski definition) is 6. The van der Waals surface area contributed by atoms with Gasteiger partial charge in [0.15, 0.2) is 11.6 Å². The third-order valence-electron chi connectivity index (χ3n) is 2.43. The highest BCUT2D eigenvalue weighted by atomic mass is 35.5. The number of aromatic hydroxyl groups is 1. The number of hydrogen-bond donors (Lipinski definition) is 2. The van der Waals surface area contributed by atoms with Crippen molar-refractivity contribution in [1.82, 2.24) is 9.97 Å². The van der Waals surface area contributed by atoms with E-state index < -0.39 is 0 Å². The van der Waals surface area contributed by atoms with Gasteiger partial charge in [0.2, 0.25) is 5.28 Å². The lowest BCUT2D eigenvalue weighted by Crippen LogP contribution is -2.48. The summed E-state index contributed by atoms with van der Waals surface area (Å²) < 4.78 is 5.24. The molecule has 1 aromatic heterocycles. The summed E-state index contributed by atoms with van der Waals surface area (Å²) in [6, 6.07) is -0.217. The van der Waals surface area contributed by atoms with Gasteiger partial charge in [-0.2, -0.15) is 4.98 Å². The molecule has 1 aliphatic rings. The third-order valence-corrected chi connectivity index (χ3v) is 2.61. The van der Waals surface area contributed by atoms with Gasteiger partial charge in [-0.1, -0.05) is 0 Å². The lowest BCUT2D eigenvalue weighted by atomic mass is 10.2. The molecular weight excluding hydrogens is 234 g/mol. The predicted molar refractivity (Wildman–Crippen MR) is 57.7 cm³/mol. The number of nitrogens with zero attached hydrogens (tertiary/aromatic N) is 3. The molecule has 1 aliphatic heterocycles. The molecule has 6 nitrogen and oxygen atoms in total. The maximum Gasteiger partial charge on any atom is 0.224 e. The number of halogens is 1. The topological polar surface area (TPSA) is 78.7 Å². The summed E-state index contributed by atoms with van der Waals surface area (Å²) in [5.74, 6) is 0.284. The molecule has 0 amide bonds. The molecule has 0 aliphatic carbocycles. The molecule has 0 radical (unpaired) electrons. The van der Waals surface area contributed by atoms with E-state index in [1.807, 2.05) is 0 Å². The van der Waals surface area contributed by atoms with Gasteiger partial charge >= 0.3 is 0 Å². The molecule has 1 aromatic rings. The molecule has 1 fully saturated rings. The standard InChI is InChI=1S/C9H12ClN3O3/c10-9-11-3-7(15)8(12-9)13-1-2-16-5-6(13)4-14/h3,6,14-15H,1-2,4-5H2.